The van der Waals surface area contributed by atoms with Gasteiger partial charge >= 0.3 is 0 Å². The quantitative estimate of drug-likeness (QED) is 0.866. The lowest BCUT2D eigenvalue weighted by molar-refractivity contribution is -0.146. The SMILES string of the molecule is CC(=O)N1CCC(C(=O)N2CCOC(c3cccc(N)n3)C2)CC1. The first-order valence-corrected chi connectivity index (χ1v) is 8.43. The maximum atomic E-state index is 12.8. The zero-order valence-corrected chi connectivity index (χ0v) is 14.0. The van der Waals surface area contributed by atoms with E-state index in [1.165, 1.54) is 0 Å². The topological polar surface area (TPSA) is 88.8 Å². The van der Waals surface area contributed by atoms with Gasteiger partial charge in [-0.1, -0.05) is 6.07 Å². The van der Waals surface area contributed by atoms with Crippen molar-refractivity contribution in [2.45, 2.75) is 25.9 Å². The molecule has 2 fully saturated rings. The molecule has 1 atom stereocenters. The summed E-state index contributed by atoms with van der Waals surface area (Å²) in [5.41, 5.74) is 6.50. The van der Waals surface area contributed by atoms with Crippen molar-refractivity contribution in [2.75, 3.05) is 38.5 Å². The van der Waals surface area contributed by atoms with Gasteiger partial charge in [-0.2, -0.15) is 0 Å². The van der Waals surface area contributed by atoms with E-state index in [1.54, 1.807) is 13.0 Å². The van der Waals surface area contributed by atoms with Gasteiger partial charge < -0.3 is 20.3 Å². The Hall–Kier alpha value is -2.15. The number of nitrogens with two attached hydrogens (primary N) is 1. The van der Waals surface area contributed by atoms with E-state index in [2.05, 4.69) is 4.98 Å². The van der Waals surface area contributed by atoms with Crippen molar-refractivity contribution in [3.05, 3.63) is 23.9 Å². The summed E-state index contributed by atoms with van der Waals surface area (Å²) in [5, 5.41) is 0. The van der Waals surface area contributed by atoms with Crippen LogP contribution in [0.15, 0.2) is 18.2 Å². The number of carbonyl (C=O) groups excluding carboxylic acids is 2. The molecule has 0 saturated carbocycles. The summed E-state index contributed by atoms with van der Waals surface area (Å²) in [7, 11) is 0. The molecule has 2 aliphatic rings. The molecule has 2 amide bonds. The monoisotopic (exact) mass is 332 g/mol. The summed E-state index contributed by atoms with van der Waals surface area (Å²) >= 11 is 0. The highest BCUT2D eigenvalue weighted by atomic mass is 16.5. The number of hydrogen-bond acceptors (Lipinski definition) is 5. The molecule has 2 saturated heterocycles. The Bertz CT molecular complexity index is 614. The molecule has 2 aliphatic heterocycles. The number of ether oxygens (including phenoxy) is 1. The fraction of sp³-hybridized carbons (Fsp3) is 0.588. The third-order valence-corrected chi connectivity index (χ3v) is 4.79. The van der Waals surface area contributed by atoms with Gasteiger partial charge in [-0.05, 0) is 25.0 Å². The van der Waals surface area contributed by atoms with Crippen LogP contribution in [0.5, 0.6) is 0 Å². The fourth-order valence-electron chi connectivity index (χ4n) is 3.38. The Morgan fingerprint density at radius 3 is 2.62 bits per heavy atom. The van der Waals surface area contributed by atoms with Crippen LogP contribution in [0.4, 0.5) is 5.82 Å². The van der Waals surface area contributed by atoms with Gasteiger partial charge in [0.2, 0.25) is 11.8 Å². The lowest BCUT2D eigenvalue weighted by Crippen LogP contribution is -2.48. The maximum Gasteiger partial charge on any atom is 0.225 e. The molecule has 2 N–H and O–H groups in total. The molecule has 1 aromatic heterocycles. The van der Waals surface area contributed by atoms with Crippen molar-refractivity contribution in [2.24, 2.45) is 5.92 Å². The van der Waals surface area contributed by atoms with Crippen molar-refractivity contribution in [1.82, 2.24) is 14.8 Å². The second-order valence-corrected chi connectivity index (χ2v) is 6.41. The van der Waals surface area contributed by atoms with Crippen LogP contribution in [0.25, 0.3) is 0 Å². The minimum atomic E-state index is -0.233. The highest BCUT2D eigenvalue weighted by Crippen LogP contribution is 2.25. The highest BCUT2D eigenvalue weighted by Gasteiger charge is 2.33. The van der Waals surface area contributed by atoms with Crippen molar-refractivity contribution >= 4 is 17.6 Å². The Morgan fingerprint density at radius 1 is 1.21 bits per heavy atom. The fourth-order valence-corrected chi connectivity index (χ4v) is 3.38. The number of hydrogen-bond donors (Lipinski definition) is 1. The van der Waals surface area contributed by atoms with Gasteiger partial charge in [0.1, 0.15) is 11.9 Å². The minimum Gasteiger partial charge on any atom is -0.384 e. The standard InChI is InChI=1S/C17H24N4O3/c1-12(22)20-7-5-13(6-8-20)17(23)21-9-10-24-15(11-21)14-3-2-4-16(18)19-14/h2-4,13,15H,5-11H2,1H3,(H2,18,19). The number of amides is 2. The van der Waals surface area contributed by atoms with Crippen molar-refractivity contribution < 1.29 is 14.3 Å². The lowest BCUT2D eigenvalue weighted by atomic mass is 9.94. The molecule has 0 radical (unpaired) electrons. The van der Waals surface area contributed by atoms with Crippen LogP contribution in [-0.2, 0) is 14.3 Å². The van der Waals surface area contributed by atoms with E-state index in [0.29, 0.717) is 38.6 Å². The van der Waals surface area contributed by atoms with Crippen molar-refractivity contribution in [3.63, 3.8) is 0 Å². The number of nitrogen functional groups attached to an aromatic ring is 1. The number of carbonyl (C=O) groups is 2. The molecule has 3 rings (SSSR count). The number of nitrogens with zero attached hydrogens (tertiary/aromatic N) is 3. The average Bonchev–Trinajstić information content (AvgIpc) is 2.61. The molecule has 0 spiro atoms. The van der Waals surface area contributed by atoms with Crippen LogP contribution in [0, 0.1) is 5.92 Å². The largest absolute Gasteiger partial charge is 0.384 e. The number of morpholine rings is 1. The molecule has 1 unspecified atom stereocenters. The smallest absolute Gasteiger partial charge is 0.225 e. The van der Waals surface area contributed by atoms with Gasteiger partial charge in [0.15, 0.2) is 0 Å². The number of rotatable bonds is 2. The molecular weight excluding hydrogens is 308 g/mol. The second kappa shape index (κ2) is 7.17. The van der Waals surface area contributed by atoms with Gasteiger partial charge in [-0.25, -0.2) is 4.98 Å². The van der Waals surface area contributed by atoms with E-state index in [4.69, 9.17) is 10.5 Å². The van der Waals surface area contributed by atoms with E-state index < -0.39 is 0 Å². The summed E-state index contributed by atoms with van der Waals surface area (Å²) in [6, 6.07) is 5.46. The van der Waals surface area contributed by atoms with E-state index >= 15 is 0 Å². The first-order chi connectivity index (χ1) is 11.5. The molecule has 3 heterocycles. The number of pyridine rings is 1. The summed E-state index contributed by atoms with van der Waals surface area (Å²) in [4.78, 5) is 32.2. The Balaban J connectivity index is 1.60. The predicted octanol–water partition coefficient (Wildman–Crippen LogP) is 0.822. The normalized spacial score (nSPS) is 22.5. The molecule has 130 valence electrons. The third kappa shape index (κ3) is 3.67. The highest BCUT2D eigenvalue weighted by molar-refractivity contribution is 5.80. The number of anilines is 1. The molecule has 1 aromatic rings. The van der Waals surface area contributed by atoms with Crippen LogP contribution < -0.4 is 5.73 Å². The third-order valence-electron chi connectivity index (χ3n) is 4.79. The van der Waals surface area contributed by atoms with Crippen LogP contribution in [0.3, 0.4) is 0 Å². The van der Waals surface area contributed by atoms with E-state index in [-0.39, 0.29) is 23.8 Å². The summed E-state index contributed by atoms with van der Waals surface area (Å²) < 4.78 is 5.77. The minimum absolute atomic E-state index is 0.00634. The first kappa shape index (κ1) is 16.7. The van der Waals surface area contributed by atoms with Crippen molar-refractivity contribution in [1.29, 1.82) is 0 Å². The van der Waals surface area contributed by atoms with Crippen LogP contribution in [0.1, 0.15) is 31.6 Å². The molecule has 0 bridgehead atoms. The summed E-state index contributed by atoms with van der Waals surface area (Å²) in [5.74, 6) is 0.694. The summed E-state index contributed by atoms with van der Waals surface area (Å²) in [6.45, 7) is 4.51. The number of piperidine rings is 1. The second-order valence-electron chi connectivity index (χ2n) is 6.41. The molecular formula is C17H24N4O3. The summed E-state index contributed by atoms with van der Waals surface area (Å²) in [6.07, 6.45) is 1.23. The van der Waals surface area contributed by atoms with E-state index in [0.717, 1.165) is 18.5 Å². The number of aromatic nitrogens is 1. The first-order valence-electron chi connectivity index (χ1n) is 8.43. The molecule has 0 aliphatic carbocycles. The van der Waals surface area contributed by atoms with E-state index in [1.807, 2.05) is 21.9 Å². The zero-order valence-electron chi connectivity index (χ0n) is 14.0. The Kier molecular flexibility index (Phi) is 4.99. The maximum absolute atomic E-state index is 12.8. The number of likely N-dealkylation sites (tertiary alicyclic amines) is 1. The predicted molar refractivity (Wildman–Crippen MR) is 88.9 cm³/mol. The molecule has 7 nitrogen and oxygen atoms in total. The van der Waals surface area contributed by atoms with Crippen LogP contribution >= 0.6 is 0 Å². The zero-order chi connectivity index (χ0) is 17.1. The van der Waals surface area contributed by atoms with Crippen LogP contribution in [-0.4, -0.2) is 59.4 Å². The van der Waals surface area contributed by atoms with Gasteiger partial charge in [0.25, 0.3) is 0 Å². The molecule has 7 heteroatoms. The van der Waals surface area contributed by atoms with Gasteiger partial charge in [0.05, 0.1) is 18.8 Å². The Morgan fingerprint density at radius 2 is 1.96 bits per heavy atom. The van der Waals surface area contributed by atoms with Gasteiger partial charge in [-0.15, -0.1) is 0 Å². The van der Waals surface area contributed by atoms with Crippen LogP contribution in [0.2, 0.25) is 0 Å². The molecule has 24 heavy (non-hydrogen) atoms. The van der Waals surface area contributed by atoms with Crippen molar-refractivity contribution in [3.8, 4) is 0 Å². The van der Waals surface area contributed by atoms with Gasteiger partial charge in [-0.3, -0.25) is 9.59 Å². The average molecular weight is 332 g/mol. The Labute approximate surface area is 141 Å². The molecule has 0 aromatic carbocycles. The lowest BCUT2D eigenvalue weighted by Gasteiger charge is -2.37. The van der Waals surface area contributed by atoms with E-state index in [9.17, 15) is 9.59 Å². The van der Waals surface area contributed by atoms with Gasteiger partial charge in [0, 0.05) is 32.5 Å².